The van der Waals surface area contributed by atoms with Crippen LogP contribution in [-0.2, 0) is 4.79 Å². The Morgan fingerprint density at radius 3 is 2.70 bits per heavy atom. The first-order valence-corrected chi connectivity index (χ1v) is 7.64. The molecule has 0 saturated carbocycles. The highest BCUT2D eigenvalue weighted by Gasteiger charge is 2.23. The standard InChI is InChI=1S/C17H26N2O/c1-13-6-8-19(9-7-13)17(20)11-16(12-18)15-5-3-4-14(2)10-15/h3-5,10,13,16H,6-9,11-12,18H2,1-2H3. The maximum Gasteiger partial charge on any atom is 0.223 e. The second-order valence-corrected chi connectivity index (χ2v) is 6.11. The van der Waals surface area contributed by atoms with E-state index in [1.54, 1.807) is 0 Å². The van der Waals surface area contributed by atoms with E-state index < -0.39 is 0 Å². The Kier molecular flexibility index (Phi) is 5.18. The number of hydrogen-bond donors (Lipinski definition) is 1. The molecule has 0 aromatic heterocycles. The number of benzene rings is 1. The summed E-state index contributed by atoms with van der Waals surface area (Å²) in [5.74, 6) is 1.15. The van der Waals surface area contributed by atoms with Gasteiger partial charge in [0.2, 0.25) is 5.91 Å². The predicted molar refractivity (Wildman–Crippen MR) is 82.6 cm³/mol. The monoisotopic (exact) mass is 274 g/mol. The lowest BCUT2D eigenvalue weighted by atomic mass is 9.93. The molecule has 1 saturated heterocycles. The summed E-state index contributed by atoms with van der Waals surface area (Å²) in [6.45, 7) is 6.68. The molecule has 1 unspecified atom stereocenters. The van der Waals surface area contributed by atoms with Crippen LogP contribution in [0.4, 0.5) is 0 Å². The van der Waals surface area contributed by atoms with Crippen LogP contribution < -0.4 is 5.73 Å². The first-order valence-electron chi connectivity index (χ1n) is 7.64. The third-order valence-electron chi connectivity index (χ3n) is 4.36. The van der Waals surface area contributed by atoms with E-state index in [0.29, 0.717) is 13.0 Å². The van der Waals surface area contributed by atoms with Crippen molar-refractivity contribution < 1.29 is 4.79 Å². The molecule has 1 amide bonds. The van der Waals surface area contributed by atoms with Crippen LogP contribution in [0.25, 0.3) is 0 Å². The molecule has 3 nitrogen and oxygen atoms in total. The van der Waals surface area contributed by atoms with Crippen LogP contribution >= 0.6 is 0 Å². The van der Waals surface area contributed by atoms with Crippen LogP contribution in [0.3, 0.4) is 0 Å². The smallest absolute Gasteiger partial charge is 0.223 e. The van der Waals surface area contributed by atoms with E-state index in [2.05, 4.69) is 32.0 Å². The van der Waals surface area contributed by atoms with Crippen molar-refractivity contribution in [2.24, 2.45) is 11.7 Å². The van der Waals surface area contributed by atoms with Gasteiger partial charge in [-0.3, -0.25) is 4.79 Å². The van der Waals surface area contributed by atoms with Gasteiger partial charge in [-0.1, -0.05) is 36.8 Å². The third kappa shape index (κ3) is 3.83. The molecule has 1 aromatic rings. The van der Waals surface area contributed by atoms with Crippen LogP contribution in [0.2, 0.25) is 0 Å². The lowest BCUT2D eigenvalue weighted by Gasteiger charge is -2.31. The molecule has 0 radical (unpaired) electrons. The molecule has 2 N–H and O–H groups in total. The average Bonchev–Trinajstić information content (AvgIpc) is 2.45. The summed E-state index contributed by atoms with van der Waals surface area (Å²) >= 11 is 0. The minimum absolute atomic E-state index is 0.141. The topological polar surface area (TPSA) is 46.3 Å². The van der Waals surface area contributed by atoms with Gasteiger partial charge in [0.25, 0.3) is 0 Å². The molecule has 1 fully saturated rings. The molecule has 0 spiro atoms. The predicted octanol–water partition coefficient (Wildman–Crippen LogP) is 2.69. The van der Waals surface area contributed by atoms with Gasteiger partial charge in [0, 0.05) is 25.4 Å². The fourth-order valence-corrected chi connectivity index (χ4v) is 2.86. The van der Waals surface area contributed by atoms with Crippen molar-refractivity contribution in [2.45, 2.75) is 39.0 Å². The summed E-state index contributed by atoms with van der Waals surface area (Å²) in [4.78, 5) is 14.4. The lowest BCUT2D eigenvalue weighted by Crippen LogP contribution is -2.39. The Morgan fingerprint density at radius 2 is 2.10 bits per heavy atom. The van der Waals surface area contributed by atoms with E-state index in [1.165, 1.54) is 11.1 Å². The van der Waals surface area contributed by atoms with E-state index in [0.717, 1.165) is 31.8 Å². The molecule has 1 aliphatic heterocycles. The summed E-state index contributed by atoms with van der Waals surface area (Å²) < 4.78 is 0. The normalized spacial score (nSPS) is 18.1. The lowest BCUT2D eigenvalue weighted by molar-refractivity contribution is -0.132. The first kappa shape index (κ1) is 15.0. The van der Waals surface area contributed by atoms with Crippen LogP contribution in [0.15, 0.2) is 24.3 Å². The van der Waals surface area contributed by atoms with Gasteiger partial charge in [0.05, 0.1) is 0 Å². The Balaban J connectivity index is 1.97. The van der Waals surface area contributed by atoms with Gasteiger partial charge < -0.3 is 10.6 Å². The second-order valence-electron chi connectivity index (χ2n) is 6.11. The van der Waals surface area contributed by atoms with Crippen LogP contribution in [0.5, 0.6) is 0 Å². The Bertz CT molecular complexity index is 450. The maximum atomic E-state index is 12.4. The molecular formula is C17H26N2O. The number of rotatable bonds is 4. The molecule has 1 heterocycles. The van der Waals surface area contributed by atoms with Crippen LogP contribution in [0.1, 0.15) is 43.2 Å². The van der Waals surface area contributed by atoms with Gasteiger partial charge >= 0.3 is 0 Å². The summed E-state index contributed by atoms with van der Waals surface area (Å²) in [6, 6.07) is 8.34. The molecule has 2 rings (SSSR count). The molecular weight excluding hydrogens is 248 g/mol. The Morgan fingerprint density at radius 1 is 1.40 bits per heavy atom. The molecule has 3 heteroatoms. The molecule has 1 aromatic carbocycles. The molecule has 0 aliphatic carbocycles. The minimum Gasteiger partial charge on any atom is -0.343 e. The largest absolute Gasteiger partial charge is 0.343 e. The molecule has 1 aliphatic rings. The number of likely N-dealkylation sites (tertiary alicyclic amines) is 1. The van der Waals surface area contributed by atoms with Crippen molar-refractivity contribution in [3.63, 3.8) is 0 Å². The zero-order valence-electron chi connectivity index (χ0n) is 12.6. The third-order valence-corrected chi connectivity index (χ3v) is 4.36. The number of nitrogens with zero attached hydrogens (tertiary/aromatic N) is 1. The second kappa shape index (κ2) is 6.89. The number of amides is 1. The molecule has 0 bridgehead atoms. The van der Waals surface area contributed by atoms with Gasteiger partial charge in [-0.2, -0.15) is 0 Å². The summed E-state index contributed by atoms with van der Waals surface area (Å²) in [5, 5.41) is 0. The average molecular weight is 274 g/mol. The first-order chi connectivity index (χ1) is 9.60. The zero-order chi connectivity index (χ0) is 14.5. The van der Waals surface area contributed by atoms with Gasteiger partial charge in [-0.25, -0.2) is 0 Å². The van der Waals surface area contributed by atoms with Gasteiger partial charge in [-0.05, 0) is 37.8 Å². The fraction of sp³-hybridized carbons (Fsp3) is 0.588. The van der Waals surface area contributed by atoms with E-state index in [4.69, 9.17) is 5.73 Å². The van der Waals surface area contributed by atoms with Gasteiger partial charge in [0.15, 0.2) is 0 Å². The van der Waals surface area contributed by atoms with Gasteiger partial charge in [0.1, 0.15) is 0 Å². The Labute approximate surface area is 122 Å². The Hall–Kier alpha value is -1.35. The van der Waals surface area contributed by atoms with Crippen LogP contribution in [-0.4, -0.2) is 30.4 Å². The summed E-state index contributed by atoms with van der Waals surface area (Å²) in [5.41, 5.74) is 8.29. The minimum atomic E-state index is 0.141. The van der Waals surface area contributed by atoms with E-state index in [-0.39, 0.29) is 11.8 Å². The highest BCUT2D eigenvalue weighted by Crippen LogP contribution is 2.23. The molecule has 20 heavy (non-hydrogen) atoms. The fourth-order valence-electron chi connectivity index (χ4n) is 2.86. The molecule has 110 valence electrons. The van der Waals surface area contributed by atoms with E-state index in [9.17, 15) is 4.79 Å². The highest BCUT2D eigenvalue weighted by atomic mass is 16.2. The SMILES string of the molecule is Cc1cccc(C(CN)CC(=O)N2CCC(C)CC2)c1. The van der Waals surface area contributed by atoms with E-state index >= 15 is 0 Å². The van der Waals surface area contributed by atoms with Crippen molar-refractivity contribution in [3.05, 3.63) is 35.4 Å². The number of nitrogens with two attached hydrogens (primary N) is 1. The number of hydrogen-bond acceptors (Lipinski definition) is 2. The van der Waals surface area contributed by atoms with Crippen molar-refractivity contribution >= 4 is 5.91 Å². The van der Waals surface area contributed by atoms with Crippen molar-refractivity contribution in [1.29, 1.82) is 0 Å². The van der Waals surface area contributed by atoms with E-state index in [1.807, 2.05) is 11.0 Å². The zero-order valence-corrected chi connectivity index (χ0v) is 12.6. The van der Waals surface area contributed by atoms with Crippen LogP contribution in [0, 0.1) is 12.8 Å². The van der Waals surface area contributed by atoms with Gasteiger partial charge in [-0.15, -0.1) is 0 Å². The summed E-state index contributed by atoms with van der Waals surface area (Å²) in [6.07, 6.45) is 2.79. The highest BCUT2D eigenvalue weighted by molar-refractivity contribution is 5.77. The summed E-state index contributed by atoms with van der Waals surface area (Å²) in [7, 11) is 0. The van der Waals surface area contributed by atoms with Crippen molar-refractivity contribution in [1.82, 2.24) is 4.90 Å². The number of carbonyl (C=O) groups is 1. The number of piperidine rings is 1. The quantitative estimate of drug-likeness (QED) is 0.917. The maximum absolute atomic E-state index is 12.4. The van der Waals surface area contributed by atoms with Crippen molar-refractivity contribution in [3.8, 4) is 0 Å². The number of carbonyl (C=O) groups excluding carboxylic acids is 1. The van der Waals surface area contributed by atoms with Crippen molar-refractivity contribution in [2.75, 3.05) is 19.6 Å². The molecule has 1 atom stereocenters. The number of aryl methyl sites for hydroxylation is 1.